The van der Waals surface area contributed by atoms with Gasteiger partial charge in [0.05, 0.1) is 17.6 Å². The van der Waals surface area contributed by atoms with Gasteiger partial charge in [0.1, 0.15) is 5.82 Å². The van der Waals surface area contributed by atoms with Gasteiger partial charge in [-0.25, -0.2) is 4.98 Å². The van der Waals surface area contributed by atoms with Crippen LogP contribution in [0.3, 0.4) is 0 Å². The van der Waals surface area contributed by atoms with Crippen LogP contribution in [0, 0.1) is 0 Å². The summed E-state index contributed by atoms with van der Waals surface area (Å²) >= 11 is 0. The van der Waals surface area contributed by atoms with E-state index >= 15 is 0 Å². The van der Waals surface area contributed by atoms with E-state index in [0.717, 1.165) is 5.82 Å². The molecule has 4 heteroatoms. The highest BCUT2D eigenvalue weighted by Crippen LogP contribution is 2.29. The predicted molar refractivity (Wildman–Crippen MR) is 68.3 cm³/mol. The molecule has 16 heavy (non-hydrogen) atoms. The molecule has 0 aromatic carbocycles. The van der Waals surface area contributed by atoms with Crippen molar-refractivity contribution < 1.29 is 0 Å². The molecule has 2 atom stereocenters. The van der Waals surface area contributed by atoms with Gasteiger partial charge in [-0.15, -0.1) is 0 Å². The van der Waals surface area contributed by atoms with Crippen molar-refractivity contribution in [2.24, 2.45) is 0 Å². The average Bonchev–Trinajstić information content (AvgIpc) is 2.23. The minimum atomic E-state index is 0.527. The van der Waals surface area contributed by atoms with Crippen LogP contribution in [0.15, 0.2) is 12.3 Å². The molecule has 0 amide bonds. The summed E-state index contributed by atoms with van der Waals surface area (Å²) in [4.78, 5) is 6.73. The molecule has 2 rings (SSSR count). The van der Waals surface area contributed by atoms with Gasteiger partial charge < -0.3 is 16.4 Å². The van der Waals surface area contributed by atoms with E-state index in [1.165, 1.54) is 19.3 Å². The van der Waals surface area contributed by atoms with Crippen LogP contribution in [0.5, 0.6) is 0 Å². The van der Waals surface area contributed by atoms with Crippen molar-refractivity contribution in [1.29, 1.82) is 0 Å². The second-order valence-corrected chi connectivity index (χ2v) is 4.71. The first-order chi connectivity index (χ1) is 7.59. The normalized spacial score (nSPS) is 25.8. The number of piperidine rings is 1. The van der Waals surface area contributed by atoms with E-state index in [2.05, 4.69) is 23.7 Å². The van der Waals surface area contributed by atoms with Gasteiger partial charge in [0.15, 0.2) is 0 Å². The Morgan fingerprint density at radius 1 is 1.19 bits per heavy atom. The third-order valence-electron chi connectivity index (χ3n) is 3.41. The molecule has 88 valence electrons. The number of pyridine rings is 1. The van der Waals surface area contributed by atoms with Crippen LogP contribution in [-0.4, -0.2) is 17.1 Å². The van der Waals surface area contributed by atoms with Crippen molar-refractivity contribution >= 4 is 17.2 Å². The lowest BCUT2D eigenvalue weighted by atomic mass is 9.97. The maximum absolute atomic E-state index is 5.83. The van der Waals surface area contributed by atoms with Crippen LogP contribution in [0.2, 0.25) is 0 Å². The molecular weight excluding hydrogens is 200 g/mol. The lowest BCUT2D eigenvalue weighted by Gasteiger charge is -2.40. The first-order valence-electron chi connectivity index (χ1n) is 5.89. The lowest BCUT2D eigenvalue weighted by molar-refractivity contribution is 0.411. The first kappa shape index (κ1) is 11.0. The topological polar surface area (TPSA) is 68.2 Å². The number of aromatic nitrogens is 1. The zero-order valence-corrected chi connectivity index (χ0v) is 9.98. The summed E-state index contributed by atoms with van der Waals surface area (Å²) in [6.07, 6.45) is 5.38. The fourth-order valence-electron chi connectivity index (χ4n) is 2.48. The fraction of sp³-hybridized carbons (Fsp3) is 0.583. The van der Waals surface area contributed by atoms with Crippen molar-refractivity contribution in [1.82, 2.24) is 4.98 Å². The zero-order valence-electron chi connectivity index (χ0n) is 9.98. The van der Waals surface area contributed by atoms with Gasteiger partial charge in [-0.1, -0.05) is 0 Å². The Labute approximate surface area is 96.6 Å². The molecule has 1 aromatic heterocycles. The molecule has 1 saturated heterocycles. The maximum atomic E-state index is 5.83. The van der Waals surface area contributed by atoms with Crippen molar-refractivity contribution in [3.8, 4) is 0 Å². The van der Waals surface area contributed by atoms with E-state index in [1.807, 2.05) is 6.07 Å². The molecule has 2 heterocycles. The Morgan fingerprint density at radius 3 is 2.38 bits per heavy atom. The summed E-state index contributed by atoms with van der Waals surface area (Å²) in [5, 5.41) is 0. The second kappa shape index (κ2) is 4.20. The zero-order chi connectivity index (χ0) is 11.7. The Kier molecular flexibility index (Phi) is 2.90. The number of nitrogen functional groups attached to an aromatic ring is 2. The molecule has 0 radical (unpaired) electrons. The van der Waals surface area contributed by atoms with Gasteiger partial charge in [0.25, 0.3) is 0 Å². The van der Waals surface area contributed by atoms with Crippen molar-refractivity contribution in [3.63, 3.8) is 0 Å². The number of nitrogens with two attached hydrogens (primary N) is 2. The van der Waals surface area contributed by atoms with Gasteiger partial charge in [-0.2, -0.15) is 0 Å². The largest absolute Gasteiger partial charge is 0.397 e. The van der Waals surface area contributed by atoms with E-state index in [-0.39, 0.29) is 0 Å². The molecule has 1 aliphatic heterocycles. The number of rotatable bonds is 1. The quantitative estimate of drug-likeness (QED) is 0.759. The monoisotopic (exact) mass is 220 g/mol. The van der Waals surface area contributed by atoms with Gasteiger partial charge in [0.2, 0.25) is 0 Å². The average molecular weight is 220 g/mol. The number of nitrogens with zero attached hydrogens (tertiary/aromatic N) is 2. The number of hydrogen-bond donors (Lipinski definition) is 2. The Balaban J connectivity index is 2.30. The molecule has 0 bridgehead atoms. The minimum absolute atomic E-state index is 0.527. The molecule has 1 aromatic rings. The Bertz CT molecular complexity index is 367. The van der Waals surface area contributed by atoms with Gasteiger partial charge in [0, 0.05) is 18.2 Å². The minimum Gasteiger partial charge on any atom is -0.397 e. The van der Waals surface area contributed by atoms with Crippen LogP contribution in [0.1, 0.15) is 33.1 Å². The molecule has 2 unspecified atom stereocenters. The summed E-state index contributed by atoms with van der Waals surface area (Å²) < 4.78 is 0. The van der Waals surface area contributed by atoms with E-state index in [0.29, 0.717) is 23.5 Å². The highest BCUT2D eigenvalue weighted by molar-refractivity contribution is 5.66. The summed E-state index contributed by atoms with van der Waals surface area (Å²) in [5.74, 6) is 0.950. The lowest BCUT2D eigenvalue weighted by Crippen LogP contribution is -2.44. The van der Waals surface area contributed by atoms with Crippen molar-refractivity contribution in [2.45, 2.75) is 45.2 Å². The van der Waals surface area contributed by atoms with Crippen molar-refractivity contribution in [3.05, 3.63) is 12.3 Å². The van der Waals surface area contributed by atoms with Gasteiger partial charge in [-0.3, -0.25) is 0 Å². The number of hydrogen-bond acceptors (Lipinski definition) is 4. The highest BCUT2D eigenvalue weighted by Gasteiger charge is 2.25. The SMILES string of the molecule is CC1CCCC(C)N1c1cc(N)c(N)cn1. The van der Waals surface area contributed by atoms with E-state index in [1.54, 1.807) is 6.20 Å². The van der Waals surface area contributed by atoms with Gasteiger partial charge >= 0.3 is 0 Å². The first-order valence-corrected chi connectivity index (χ1v) is 5.89. The van der Waals surface area contributed by atoms with Crippen LogP contribution in [-0.2, 0) is 0 Å². The van der Waals surface area contributed by atoms with E-state index in [4.69, 9.17) is 11.5 Å². The molecule has 0 spiro atoms. The van der Waals surface area contributed by atoms with Crippen LogP contribution < -0.4 is 16.4 Å². The fourth-order valence-corrected chi connectivity index (χ4v) is 2.48. The molecule has 1 fully saturated rings. The Hall–Kier alpha value is -1.45. The summed E-state index contributed by atoms with van der Waals surface area (Å²) in [6.45, 7) is 4.48. The van der Waals surface area contributed by atoms with Crippen LogP contribution in [0.25, 0.3) is 0 Å². The van der Waals surface area contributed by atoms with E-state index in [9.17, 15) is 0 Å². The van der Waals surface area contributed by atoms with Crippen LogP contribution in [0.4, 0.5) is 17.2 Å². The molecule has 0 aliphatic carbocycles. The second-order valence-electron chi connectivity index (χ2n) is 4.71. The third-order valence-corrected chi connectivity index (χ3v) is 3.41. The molecule has 4 nitrogen and oxygen atoms in total. The smallest absolute Gasteiger partial charge is 0.131 e. The molecule has 0 saturated carbocycles. The summed E-state index contributed by atoms with van der Waals surface area (Å²) in [6, 6.07) is 2.94. The van der Waals surface area contributed by atoms with Crippen molar-refractivity contribution in [2.75, 3.05) is 16.4 Å². The van der Waals surface area contributed by atoms with E-state index < -0.39 is 0 Å². The highest BCUT2D eigenvalue weighted by atomic mass is 15.2. The third kappa shape index (κ3) is 1.92. The molecule has 4 N–H and O–H groups in total. The maximum Gasteiger partial charge on any atom is 0.131 e. The molecule has 1 aliphatic rings. The molecular formula is C12H20N4. The Morgan fingerprint density at radius 2 is 1.81 bits per heavy atom. The van der Waals surface area contributed by atoms with Gasteiger partial charge in [-0.05, 0) is 33.1 Å². The van der Waals surface area contributed by atoms with Crippen LogP contribution >= 0.6 is 0 Å². The summed E-state index contributed by atoms with van der Waals surface area (Å²) in [7, 11) is 0. The predicted octanol–water partition coefficient (Wildman–Crippen LogP) is 2.01. The number of anilines is 3. The summed E-state index contributed by atoms with van der Waals surface area (Å²) in [5.41, 5.74) is 12.7. The standard InChI is InChI=1S/C12H20N4/c1-8-4-3-5-9(2)16(8)12-6-10(13)11(14)7-15-12/h6-9H,3-5,14H2,1-2H3,(H2,13,15).